The molecule has 0 aliphatic carbocycles. The second kappa shape index (κ2) is 6.08. The Morgan fingerprint density at radius 1 is 1.00 bits per heavy atom. The minimum atomic E-state index is 0.0996. The lowest BCUT2D eigenvalue weighted by molar-refractivity contribution is -0.134. The van der Waals surface area contributed by atoms with Crippen LogP contribution in [-0.4, -0.2) is 37.0 Å². The predicted octanol–water partition coefficient (Wildman–Crippen LogP) is 3.29. The average molecular weight is 288 g/mol. The van der Waals surface area contributed by atoms with E-state index < -0.39 is 0 Å². The molecule has 0 bridgehead atoms. The first-order valence-electron chi connectivity index (χ1n) is 7.93. The van der Waals surface area contributed by atoms with E-state index >= 15 is 0 Å². The monoisotopic (exact) mass is 288 g/mol. The van der Waals surface area contributed by atoms with Gasteiger partial charge in [-0.05, 0) is 23.1 Å². The summed E-state index contributed by atoms with van der Waals surface area (Å²) in [7, 11) is 0. The molecule has 3 nitrogen and oxygen atoms in total. The molecule has 21 heavy (non-hydrogen) atoms. The third-order valence-corrected chi connectivity index (χ3v) is 4.18. The summed E-state index contributed by atoms with van der Waals surface area (Å²) >= 11 is 0. The summed E-state index contributed by atoms with van der Waals surface area (Å²) in [6.07, 6.45) is 0. The van der Waals surface area contributed by atoms with Crippen LogP contribution in [0.5, 0.6) is 0 Å². The number of piperazine rings is 1. The molecular weight excluding hydrogens is 260 g/mol. The Kier molecular flexibility index (Phi) is 4.60. The standard InChI is InChI=1S/C18H28N2O/c1-14(2)17(21)20-12-10-19(11-13-20)16-8-6-15(7-9-16)18(3,4)5/h6-9,14H,10-13H2,1-5H3. The van der Waals surface area contributed by atoms with Gasteiger partial charge in [-0.2, -0.15) is 0 Å². The maximum atomic E-state index is 12.0. The lowest BCUT2D eigenvalue weighted by atomic mass is 9.87. The molecule has 0 aromatic heterocycles. The Bertz CT molecular complexity index is 477. The van der Waals surface area contributed by atoms with Crippen LogP contribution in [-0.2, 0) is 10.2 Å². The summed E-state index contributed by atoms with van der Waals surface area (Å²) < 4.78 is 0. The zero-order chi connectivity index (χ0) is 15.6. The number of nitrogens with zero attached hydrogens (tertiary/aromatic N) is 2. The molecule has 0 atom stereocenters. The van der Waals surface area contributed by atoms with Crippen molar-refractivity contribution in [1.29, 1.82) is 0 Å². The maximum Gasteiger partial charge on any atom is 0.225 e. The number of benzene rings is 1. The Morgan fingerprint density at radius 3 is 1.95 bits per heavy atom. The fourth-order valence-corrected chi connectivity index (χ4v) is 2.72. The van der Waals surface area contributed by atoms with Crippen LogP contribution in [0.3, 0.4) is 0 Å². The van der Waals surface area contributed by atoms with Gasteiger partial charge in [0.2, 0.25) is 5.91 Å². The summed E-state index contributed by atoms with van der Waals surface area (Å²) in [5.74, 6) is 0.375. The second-order valence-electron chi connectivity index (χ2n) is 7.26. The Morgan fingerprint density at radius 2 is 1.52 bits per heavy atom. The molecule has 1 amide bonds. The summed E-state index contributed by atoms with van der Waals surface area (Å²) in [5, 5.41) is 0. The molecule has 1 saturated heterocycles. The molecule has 3 heteroatoms. The lowest BCUT2D eigenvalue weighted by Crippen LogP contribution is -2.49. The van der Waals surface area contributed by atoms with Crippen molar-refractivity contribution in [1.82, 2.24) is 4.90 Å². The molecule has 0 spiro atoms. The normalized spacial score (nSPS) is 16.5. The van der Waals surface area contributed by atoms with Gasteiger partial charge < -0.3 is 9.80 Å². The first-order chi connectivity index (χ1) is 9.79. The highest BCUT2D eigenvalue weighted by molar-refractivity contribution is 5.78. The molecular formula is C18H28N2O. The van der Waals surface area contributed by atoms with Gasteiger partial charge in [-0.15, -0.1) is 0 Å². The van der Waals surface area contributed by atoms with Gasteiger partial charge in [0.1, 0.15) is 0 Å². The molecule has 0 N–H and O–H groups in total. The number of hydrogen-bond acceptors (Lipinski definition) is 2. The van der Waals surface area contributed by atoms with Crippen LogP contribution in [0.15, 0.2) is 24.3 Å². The van der Waals surface area contributed by atoms with Crippen LogP contribution < -0.4 is 4.90 Å². The molecule has 0 radical (unpaired) electrons. The number of carbonyl (C=O) groups excluding carboxylic acids is 1. The zero-order valence-corrected chi connectivity index (χ0v) is 14.0. The molecule has 1 aromatic carbocycles. The Labute approximate surface area is 128 Å². The molecule has 1 heterocycles. The van der Waals surface area contributed by atoms with Crippen molar-refractivity contribution in [2.24, 2.45) is 5.92 Å². The van der Waals surface area contributed by atoms with Crippen molar-refractivity contribution in [3.63, 3.8) is 0 Å². The SMILES string of the molecule is CC(C)C(=O)N1CCN(c2ccc(C(C)(C)C)cc2)CC1. The summed E-state index contributed by atoms with van der Waals surface area (Å²) in [6.45, 7) is 14.2. The first-order valence-corrected chi connectivity index (χ1v) is 7.93. The van der Waals surface area contributed by atoms with Crippen molar-refractivity contribution in [2.75, 3.05) is 31.1 Å². The van der Waals surface area contributed by atoms with E-state index in [1.165, 1.54) is 11.3 Å². The average Bonchev–Trinajstić information content (AvgIpc) is 2.46. The van der Waals surface area contributed by atoms with Crippen LogP contribution >= 0.6 is 0 Å². The predicted molar refractivity (Wildman–Crippen MR) is 88.8 cm³/mol. The largest absolute Gasteiger partial charge is 0.368 e. The first kappa shape index (κ1) is 15.9. The third kappa shape index (κ3) is 3.78. The topological polar surface area (TPSA) is 23.6 Å². The van der Waals surface area contributed by atoms with E-state index in [9.17, 15) is 4.79 Å². The van der Waals surface area contributed by atoms with Crippen LogP contribution in [0, 0.1) is 5.92 Å². The van der Waals surface area contributed by atoms with Crippen molar-refractivity contribution >= 4 is 11.6 Å². The van der Waals surface area contributed by atoms with Crippen LogP contribution in [0.2, 0.25) is 0 Å². The molecule has 0 saturated carbocycles. The van der Waals surface area contributed by atoms with E-state index in [4.69, 9.17) is 0 Å². The van der Waals surface area contributed by atoms with Crippen LogP contribution in [0.25, 0.3) is 0 Å². The molecule has 116 valence electrons. The van der Waals surface area contributed by atoms with Crippen molar-refractivity contribution in [2.45, 2.75) is 40.0 Å². The fourth-order valence-electron chi connectivity index (χ4n) is 2.72. The molecule has 2 rings (SSSR count). The molecule has 1 aliphatic heterocycles. The number of rotatable bonds is 2. The van der Waals surface area contributed by atoms with Gasteiger partial charge >= 0.3 is 0 Å². The highest BCUT2D eigenvalue weighted by Crippen LogP contribution is 2.25. The van der Waals surface area contributed by atoms with E-state index in [0.29, 0.717) is 0 Å². The van der Waals surface area contributed by atoms with E-state index in [0.717, 1.165) is 26.2 Å². The van der Waals surface area contributed by atoms with Crippen molar-refractivity contribution in [3.05, 3.63) is 29.8 Å². The number of hydrogen-bond donors (Lipinski definition) is 0. The van der Waals surface area contributed by atoms with Gasteiger partial charge in [0, 0.05) is 37.8 Å². The minimum absolute atomic E-state index is 0.0996. The van der Waals surface area contributed by atoms with E-state index in [-0.39, 0.29) is 17.2 Å². The van der Waals surface area contributed by atoms with Gasteiger partial charge in [-0.25, -0.2) is 0 Å². The maximum absolute atomic E-state index is 12.0. The smallest absolute Gasteiger partial charge is 0.225 e. The highest BCUT2D eigenvalue weighted by Gasteiger charge is 2.23. The van der Waals surface area contributed by atoms with E-state index in [2.05, 4.69) is 49.9 Å². The molecule has 1 aromatic rings. The van der Waals surface area contributed by atoms with Gasteiger partial charge in [0.05, 0.1) is 0 Å². The fraction of sp³-hybridized carbons (Fsp3) is 0.611. The summed E-state index contributed by atoms with van der Waals surface area (Å²) in [5.41, 5.74) is 2.82. The van der Waals surface area contributed by atoms with Gasteiger partial charge in [-0.3, -0.25) is 4.79 Å². The number of carbonyl (C=O) groups is 1. The quantitative estimate of drug-likeness (QED) is 0.833. The third-order valence-electron chi connectivity index (χ3n) is 4.18. The molecule has 1 aliphatic rings. The second-order valence-corrected chi connectivity index (χ2v) is 7.26. The van der Waals surface area contributed by atoms with Crippen molar-refractivity contribution < 1.29 is 4.79 Å². The molecule has 0 unspecified atom stereocenters. The minimum Gasteiger partial charge on any atom is -0.368 e. The zero-order valence-electron chi connectivity index (χ0n) is 14.0. The number of anilines is 1. The lowest BCUT2D eigenvalue weighted by Gasteiger charge is -2.37. The van der Waals surface area contributed by atoms with Crippen molar-refractivity contribution in [3.8, 4) is 0 Å². The highest BCUT2D eigenvalue weighted by atomic mass is 16.2. The Hall–Kier alpha value is -1.51. The summed E-state index contributed by atoms with van der Waals surface area (Å²) in [6, 6.07) is 8.86. The van der Waals surface area contributed by atoms with Gasteiger partial charge in [-0.1, -0.05) is 46.8 Å². The number of amides is 1. The van der Waals surface area contributed by atoms with Crippen LogP contribution in [0.1, 0.15) is 40.2 Å². The van der Waals surface area contributed by atoms with Gasteiger partial charge in [0.15, 0.2) is 0 Å². The van der Waals surface area contributed by atoms with E-state index in [1.54, 1.807) is 0 Å². The van der Waals surface area contributed by atoms with E-state index in [1.807, 2.05) is 18.7 Å². The van der Waals surface area contributed by atoms with Crippen LogP contribution in [0.4, 0.5) is 5.69 Å². The summed E-state index contributed by atoms with van der Waals surface area (Å²) in [4.78, 5) is 16.4. The Balaban J connectivity index is 1.98. The molecule has 1 fully saturated rings. The van der Waals surface area contributed by atoms with Gasteiger partial charge in [0.25, 0.3) is 0 Å².